The maximum Gasteiger partial charge on any atom is 0.247 e. The van der Waals surface area contributed by atoms with Crippen LogP contribution in [0.3, 0.4) is 0 Å². The molecule has 0 spiro atoms. The predicted molar refractivity (Wildman–Crippen MR) is 83.1 cm³/mol. The summed E-state index contributed by atoms with van der Waals surface area (Å²) in [6, 6.07) is 6.62. The Hall–Kier alpha value is -1.99. The first-order chi connectivity index (χ1) is 10.2. The van der Waals surface area contributed by atoms with Crippen molar-refractivity contribution < 1.29 is 9.59 Å². The highest BCUT2D eigenvalue weighted by atomic mass is 35.5. The molecule has 5 heteroatoms. The van der Waals surface area contributed by atoms with E-state index in [-0.39, 0.29) is 17.7 Å². The van der Waals surface area contributed by atoms with Gasteiger partial charge in [-0.2, -0.15) is 0 Å². The van der Waals surface area contributed by atoms with Crippen molar-refractivity contribution in [2.75, 3.05) is 17.7 Å². The van der Waals surface area contributed by atoms with Crippen LogP contribution in [0.5, 0.6) is 0 Å². The molecule has 1 aromatic carbocycles. The van der Waals surface area contributed by atoms with E-state index in [1.807, 2.05) is 0 Å². The highest BCUT2D eigenvalue weighted by Gasteiger charge is 2.31. The highest BCUT2D eigenvalue weighted by Crippen LogP contribution is 2.20. The summed E-state index contributed by atoms with van der Waals surface area (Å²) in [6.07, 6.45) is 7.82. The molecule has 4 nitrogen and oxygen atoms in total. The number of hydrogen-bond donors (Lipinski definition) is 1. The number of halogens is 1. The molecule has 1 aromatic rings. The Morgan fingerprint density at radius 3 is 2.95 bits per heavy atom. The van der Waals surface area contributed by atoms with Gasteiger partial charge in [0, 0.05) is 17.8 Å². The summed E-state index contributed by atoms with van der Waals surface area (Å²) in [5.74, 6) is 2.03. The minimum Gasteiger partial charge on any atom is -0.330 e. The smallest absolute Gasteiger partial charge is 0.247 e. The SMILES string of the molecule is C#Cc1cccc(NC(=O)C2CCCCN2C(=O)CCl)c1. The molecule has 1 fully saturated rings. The van der Waals surface area contributed by atoms with Crippen molar-refractivity contribution >= 4 is 29.1 Å². The van der Waals surface area contributed by atoms with Crippen molar-refractivity contribution in [3.05, 3.63) is 29.8 Å². The van der Waals surface area contributed by atoms with E-state index in [1.54, 1.807) is 29.2 Å². The fraction of sp³-hybridized carbons (Fsp3) is 0.375. The van der Waals surface area contributed by atoms with Gasteiger partial charge < -0.3 is 10.2 Å². The second kappa shape index (κ2) is 7.14. The number of piperidine rings is 1. The number of nitrogens with zero attached hydrogens (tertiary/aromatic N) is 1. The number of carbonyl (C=O) groups is 2. The molecule has 1 N–H and O–H groups in total. The molecule has 0 aromatic heterocycles. The van der Waals surface area contributed by atoms with Gasteiger partial charge in [-0.1, -0.05) is 12.0 Å². The number of likely N-dealkylation sites (tertiary alicyclic amines) is 1. The number of anilines is 1. The predicted octanol–water partition coefficient (Wildman–Crippen LogP) is 2.23. The van der Waals surface area contributed by atoms with Crippen LogP contribution in [0.1, 0.15) is 24.8 Å². The largest absolute Gasteiger partial charge is 0.330 e. The van der Waals surface area contributed by atoms with Crippen molar-refractivity contribution in [3.8, 4) is 12.3 Å². The van der Waals surface area contributed by atoms with Crippen LogP contribution in [-0.4, -0.2) is 35.2 Å². The van der Waals surface area contributed by atoms with Crippen LogP contribution in [0.2, 0.25) is 0 Å². The molecule has 0 radical (unpaired) electrons. The summed E-state index contributed by atoms with van der Waals surface area (Å²) < 4.78 is 0. The van der Waals surface area contributed by atoms with Crippen LogP contribution in [0.4, 0.5) is 5.69 Å². The molecule has 1 unspecified atom stereocenters. The number of carbonyl (C=O) groups excluding carboxylic acids is 2. The lowest BCUT2D eigenvalue weighted by molar-refractivity contribution is -0.138. The molecule has 1 atom stereocenters. The lowest BCUT2D eigenvalue weighted by atomic mass is 10.0. The maximum atomic E-state index is 12.4. The molecule has 0 bridgehead atoms. The average molecular weight is 305 g/mol. The lowest BCUT2D eigenvalue weighted by Gasteiger charge is -2.34. The highest BCUT2D eigenvalue weighted by molar-refractivity contribution is 6.27. The Morgan fingerprint density at radius 1 is 1.43 bits per heavy atom. The summed E-state index contributed by atoms with van der Waals surface area (Å²) in [5, 5.41) is 2.82. The normalized spacial score (nSPS) is 17.9. The van der Waals surface area contributed by atoms with Gasteiger partial charge >= 0.3 is 0 Å². The van der Waals surface area contributed by atoms with E-state index in [9.17, 15) is 9.59 Å². The van der Waals surface area contributed by atoms with Gasteiger partial charge in [-0.05, 0) is 37.5 Å². The van der Waals surface area contributed by atoms with E-state index in [0.717, 1.165) is 12.8 Å². The number of rotatable bonds is 3. The first kappa shape index (κ1) is 15.4. The fourth-order valence-electron chi connectivity index (χ4n) is 2.49. The molecular formula is C16H17ClN2O2. The van der Waals surface area contributed by atoms with E-state index in [0.29, 0.717) is 24.2 Å². The summed E-state index contributed by atoms with van der Waals surface area (Å²) >= 11 is 5.61. The summed E-state index contributed by atoms with van der Waals surface area (Å²) in [6.45, 7) is 0.577. The quantitative estimate of drug-likeness (QED) is 0.687. The maximum absolute atomic E-state index is 12.4. The first-order valence-electron chi connectivity index (χ1n) is 6.88. The van der Waals surface area contributed by atoms with Crippen LogP contribution in [0.15, 0.2) is 24.3 Å². The Labute approximate surface area is 129 Å². The summed E-state index contributed by atoms with van der Waals surface area (Å²) in [4.78, 5) is 25.8. The lowest BCUT2D eigenvalue weighted by Crippen LogP contribution is -2.50. The molecule has 1 heterocycles. The Morgan fingerprint density at radius 2 is 2.24 bits per heavy atom. The van der Waals surface area contributed by atoms with E-state index in [2.05, 4.69) is 11.2 Å². The molecule has 21 heavy (non-hydrogen) atoms. The van der Waals surface area contributed by atoms with Crippen LogP contribution >= 0.6 is 11.6 Å². The van der Waals surface area contributed by atoms with Crippen LogP contribution < -0.4 is 5.32 Å². The molecule has 0 aliphatic carbocycles. The number of terminal acetylenes is 1. The molecular weight excluding hydrogens is 288 g/mol. The van der Waals surface area contributed by atoms with Crippen LogP contribution in [0, 0.1) is 12.3 Å². The molecule has 0 saturated carbocycles. The zero-order chi connectivity index (χ0) is 15.2. The Kier molecular flexibility index (Phi) is 5.24. The van der Waals surface area contributed by atoms with Gasteiger partial charge in [-0.3, -0.25) is 9.59 Å². The third kappa shape index (κ3) is 3.77. The van der Waals surface area contributed by atoms with E-state index in [1.165, 1.54) is 0 Å². The molecule has 2 rings (SSSR count). The Bertz CT molecular complexity index is 580. The van der Waals surface area contributed by atoms with Gasteiger partial charge in [0.05, 0.1) is 0 Å². The first-order valence-corrected chi connectivity index (χ1v) is 7.42. The standard InChI is InChI=1S/C16H17ClN2O2/c1-2-12-6-5-7-13(10-12)18-16(21)14-8-3-4-9-19(14)15(20)11-17/h1,5-7,10,14H,3-4,8-9,11H2,(H,18,21). The van der Waals surface area contributed by atoms with Gasteiger partial charge in [0.25, 0.3) is 0 Å². The fourth-order valence-corrected chi connectivity index (χ4v) is 2.65. The molecule has 1 aliphatic rings. The summed E-state index contributed by atoms with van der Waals surface area (Å²) in [7, 11) is 0. The third-order valence-corrected chi connectivity index (χ3v) is 3.77. The number of benzene rings is 1. The Balaban J connectivity index is 2.10. The number of nitrogens with one attached hydrogen (secondary N) is 1. The van der Waals surface area contributed by atoms with Gasteiger partial charge in [-0.25, -0.2) is 0 Å². The monoisotopic (exact) mass is 304 g/mol. The van der Waals surface area contributed by atoms with Crippen molar-refractivity contribution in [1.82, 2.24) is 4.90 Å². The summed E-state index contributed by atoms with van der Waals surface area (Å²) in [5.41, 5.74) is 1.34. The van der Waals surface area contributed by atoms with Crippen molar-refractivity contribution in [2.45, 2.75) is 25.3 Å². The molecule has 1 aliphatic heterocycles. The minimum atomic E-state index is -0.459. The van der Waals surface area contributed by atoms with E-state index in [4.69, 9.17) is 18.0 Å². The van der Waals surface area contributed by atoms with Crippen molar-refractivity contribution in [1.29, 1.82) is 0 Å². The minimum absolute atomic E-state index is 0.101. The van der Waals surface area contributed by atoms with Gasteiger partial charge in [0.2, 0.25) is 11.8 Å². The van der Waals surface area contributed by atoms with Gasteiger partial charge in [0.1, 0.15) is 11.9 Å². The van der Waals surface area contributed by atoms with E-state index < -0.39 is 6.04 Å². The molecule has 1 saturated heterocycles. The number of alkyl halides is 1. The second-order valence-corrected chi connectivity index (χ2v) is 5.21. The second-order valence-electron chi connectivity index (χ2n) is 4.95. The van der Waals surface area contributed by atoms with Gasteiger partial charge in [0.15, 0.2) is 0 Å². The van der Waals surface area contributed by atoms with Crippen molar-refractivity contribution in [3.63, 3.8) is 0 Å². The zero-order valence-electron chi connectivity index (χ0n) is 11.6. The molecule has 2 amide bonds. The van der Waals surface area contributed by atoms with Crippen LogP contribution in [-0.2, 0) is 9.59 Å². The van der Waals surface area contributed by atoms with Crippen molar-refractivity contribution in [2.24, 2.45) is 0 Å². The average Bonchev–Trinajstić information content (AvgIpc) is 2.54. The van der Waals surface area contributed by atoms with Crippen LogP contribution in [0.25, 0.3) is 0 Å². The zero-order valence-corrected chi connectivity index (χ0v) is 12.4. The topological polar surface area (TPSA) is 49.4 Å². The number of amides is 2. The molecule has 110 valence electrons. The number of hydrogen-bond acceptors (Lipinski definition) is 2. The van der Waals surface area contributed by atoms with E-state index >= 15 is 0 Å². The van der Waals surface area contributed by atoms with Gasteiger partial charge in [-0.15, -0.1) is 18.0 Å². The third-order valence-electron chi connectivity index (χ3n) is 3.54.